The molecule has 0 spiro atoms. The molecule has 0 unspecified atom stereocenters. The van der Waals surface area contributed by atoms with Crippen molar-refractivity contribution >= 4 is 11.8 Å². The average Bonchev–Trinajstić information content (AvgIpc) is 2.97. The zero-order chi connectivity index (χ0) is 14.7. The van der Waals surface area contributed by atoms with Gasteiger partial charge in [-0.3, -0.25) is 0 Å². The smallest absolute Gasteiger partial charge is 0.207 e. The number of hydrogen-bond donors (Lipinski definition) is 0. The molecule has 0 saturated heterocycles. The highest BCUT2D eigenvalue weighted by atomic mass is 32.2. The van der Waals surface area contributed by atoms with Gasteiger partial charge in [0.25, 0.3) is 0 Å². The maximum atomic E-state index is 13.0. The van der Waals surface area contributed by atoms with Crippen LogP contribution in [0.5, 0.6) is 0 Å². The van der Waals surface area contributed by atoms with Crippen molar-refractivity contribution in [3.63, 3.8) is 0 Å². The van der Waals surface area contributed by atoms with Crippen LogP contribution >= 0.6 is 11.8 Å². The second-order valence-corrected chi connectivity index (χ2v) is 5.83. The number of para-hydroxylation sites is 1. The van der Waals surface area contributed by atoms with E-state index in [4.69, 9.17) is 0 Å². The highest BCUT2D eigenvalue weighted by Gasteiger charge is 2.14. The Balaban J connectivity index is 1.83. The molecule has 4 nitrogen and oxygen atoms in total. The SMILES string of the molecule is C[C@@H](Sc1nnnn1-c1ccccc1)c1ccc(F)cc1. The van der Waals surface area contributed by atoms with Gasteiger partial charge < -0.3 is 0 Å². The Morgan fingerprint density at radius 3 is 2.48 bits per heavy atom. The summed E-state index contributed by atoms with van der Waals surface area (Å²) >= 11 is 1.54. The predicted molar refractivity (Wildman–Crippen MR) is 79.8 cm³/mol. The van der Waals surface area contributed by atoms with Crippen molar-refractivity contribution < 1.29 is 4.39 Å². The first-order valence-corrected chi connectivity index (χ1v) is 7.38. The van der Waals surface area contributed by atoms with Gasteiger partial charge in [0.15, 0.2) is 0 Å². The molecule has 3 aromatic rings. The van der Waals surface area contributed by atoms with E-state index in [0.29, 0.717) is 5.16 Å². The molecule has 1 heterocycles. The zero-order valence-electron chi connectivity index (χ0n) is 11.3. The third-order valence-electron chi connectivity index (χ3n) is 3.06. The Morgan fingerprint density at radius 1 is 1.05 bits per heavy atom. The molecule has 1 atom stereocenters. The third kappa shape index (κ3) is 3.11. The summed E-state index contributed by atoms with van der Waals surface area (Å²) in [7, 11) is 0. The topological polar surface area (TPSA) is 43.6 Å². The number of halogens is 1. The van der Waals surface area contributed by atoms with Crippen LogP contribution in [-0.4, -0.2) is 20.2 Å². The van der Waals surface area contributed by atoms with E-state index in [1.807, 2.05) is 37.3 Å². The minimum absolute atomic E-state index is 0.124. The quantitative estimate of drug-likeness (QED) is 0.690. The Kier molecular flexibility index (Phi) is 3.96. The van der Waals surface area contributed by atoms with Gasteiger partial charge in [0.1, 0.15) is 5.82 Å². The molecule has 0 amide bonds. The minimum atomic E-state index is -0.231. The lowest BCUT2D eigenvalue weighted by molar-refractivity contribution is 0.627. The molecule has 1 aromatic heterocycles. The molecule has 0 aliphatic carbocycles. The van der Waals surface area contributed by atoms with Crippen LogP contribution in [0, 0.1) is 5.82 Å². The minimum Gasteiger partial charge on any atom is -0.207 e. The van der Waals surface area contributed by atoms with E-state index < -0.39 is 0 Å². The van der Waals surface area contributed by atoms with Crippen molar-refractivity contribution in [2.45, 2.75) is 17.3 Å². The van der Waals surface area contributed by atoms with Crippen LogP contribution in [0.15, 0.2) is 59.8 Å². The summed E-state index contributed by atoms with van der Waals surface area (Å²) in [5.74, 6) is -0.231. The van der Waals surface area contributed by atoms with Gasteiger partial charge in [-0.15, -0.1) is 5.10 Å². The number of benzene rings is 2. The summed E-state index contributed by atoms with van der Waals surface area (Å²) < 4.78 is 14.7. The fourth-order valence-corrected chi connectivity index (χ4v) is 2.88. The third-order valence-corrected chi connectivity index (χ3v) is 4.15. The van der Waals surface area contributed by atoms with Gasteiger partial charge >= 0.3 is 0 Å². The molecule has 106 valence electrons. The van der Waals surface area contributed by atoms with Crippen LogP contribution in [-0.2, 0) is 0 Å². The Bertz CT molecular complexity index is 712. The molecule has 2 aromatic carbocycles. The average molecular weight is 300 g/mol. The molecular formula is C15H13FN4S. The fraction of sp³-hybridized carbons (Fsp3) is 0.133. The standard InChI is InChI=1S/C15H13FN4S/c1-11(12-7-9-13(16)10-8-12)21-15-17-18-19-20(15)14-5-3-2-4-6-14/h2-11H,1H3/t11-/m1/s1. The molecule has 6 heteroatoms. The molecule has 0 saturated carbocycles. The maximum absolute atomic E-state index is 13.0. The van der Waals surface area contributed by atoms with E-state index in [9.17, 15) is 4.39 Å². The first-order chi connectivity index (χ1) is 10.2. The Labute approximate surface area is 126 Å². The van der Waals surface area contributed by atoms with E-state index in [1.54, 1.807) is 16.8 Å². The van der Waals surface area contributed by atoms with Crippen molar-refractivity contribution in [1.29, 1.82) is 0 Å². The van der Waals surface area contributed by atoms with Gasteiger partial charge in [-0.2, -0.15) is 4.68 Å². The first kappa shape index (κ1) is 13.8. The first-order valence-electron chi connectivity index (χ1n) is 6.50. The van der Waals surface area contributed by atoms with Crippen LogP contribution in [0.4, 0.5) is 4.39 Å². The van der Waals surface area contributed by atoms with Gasteiger partial charge in [0, 0.05) is 5.25 Å². The van der Waals surface area contributed by atoms with E-state index in [0.717, 1.165) is 11.3 Å². The normalized spacial score (nSPS) is 12.3. The fourth-order valence-electron chi connectivity index (χ4n) is 1.94. The highest BCUT2D eigenvalue weighted by Crippen LogP contribution is 2.33. The highest BCUT2D eigenvalue weighted by molar-refractivity contribution is 7.99. The van der Waals surface area contributed by atoms with Gasteiger partial charge in [0.05, 0.1) is 5.69 Å². The summed E-state index contributed by atoms with van der Waals surface area (Å²) in [6.45, 7) is 2.04. The van der Waals surface area contributed by atoms with Crippen molar-refractivity contribution in [2.75, 3.05) is 0 Å². The molecule has 0 radical (unpaired) electrons. The lowest BCUT2D eigenvalue weighted by Crippen LogP contribution is -2.00. The van der Waals surface area contributed by atoms with E-state index in [1.165, 1.54) is 23.9 Å². The van der Waals surface area contributed by atoms with E-state index in [2.05, 4.69) is 15.5 Å². The monoisotopic (exact) mass is 300 g/mol. The number of rotatable bonds is 4. The molecule has 0 fully saturated rings. The van der Waals surface area contributed by atoms with Gasteiger partial charge in [-0.05, 0) is 47.2 Å². The second-order valence-electron chi connectivity index (χ2n) is 4.52. The number of nitrogens with zero attached hydrogens (tertiary/aromatic N) is 4. The summed E-state index contributed by atoms with van der Waals surface area (Å²) in [5, 5.41) is 12.7. The largest absolute Gasteiger partial charge is 0.214 e. The van der Waals surface area contributed by atoms with Crippen LogP contribution in [0.2, 0.25) is 0 Å². The summed E-state index contributed by atoms with van der Waals surface area (Å²) in [5.41, 5.74) is 1.94. The van der Waals surface area contributed by atoms with Gasteiger partial charge in [-0.1, -0.05) is 42.1 Å². The maximum Gasteiger partial charge on any atom is 0.214 e. The molecular weight excluding hydrogens is 287 g/mol. The molecule has 3 rings (SSSR count). The lowest BCUT2D eigenvalue weighted by Gasteiger charge is -2.11. The van der Waals surface area contributed by atoms with Crippen LogP contribution < -0.4 is 0 Å². The second kappa shape index (κ2) is 6.05. The number of tetrazole rings is 1. The number of hydrogen-bond acceptors (Lipinski definition) is 4. The van der Waals surface area contributed by atoms with Crippen molar-refractivity contribution in [3.05, 3.63) is 66.0 Å². The van der Waals surface area contributed by atoms with E-state index >= 15 is 0 Å². The molecule has 0 aliphatic rings. The molecule has 0 N–H and O–H groups in total. The number of thioether (sulfide) groups is 1. The van der Waals surface area contributed by atoms with Crippen molar-refractivity contribution in [2.24, 2.45) is 0 Å². The van der Waals surface area contributed by atoms with Crippen molar-refractivity contribution in [1.82, 2.24) is 20.2 Å². The predicted octanol–water partition coefficient (Wildman–Crippen LogP) is 3.65. The summed E-state index contributed by atoms with van der Waals surface area (Å²) in [6.07, 6.45) is 0. The zero-order valence-corrected chi connectivity index (χ0v) is 12.2. The van der Waals surface area contributed by atoms with Crippen molar-refractivity contribution in [3.8, 4) is 5.69 Å². The summed E-state index contributed by atoms with van der Waals surface area (Å²) in [6, 6.07) is 16.2. The Hall–Kier alpha value is -2.21. The molecule has 0 aliphatic heterocycles. The number of aromatic nitrogens is 4. The van der Waals surface area contributed by atoms with Gasteiger partial charge in [0.2, 0.25) is 5.16 Å². The Morgan fingerprint density at radius 2 is 1.76 bits per heavy atom. The lowest BCUT2D eigenvalue weighted by atomic mass is 10.2. The summed E-state index contributed by atoms with van der Waals surface area (Å²) in [4.78, 5) is 0. The molecule has 0 bridgehead atoms. The van der Waals surface area contributed by atoms with E-state index in [-0.39, 0.29) is 11.1 Å². The van der Waals surface area contributed by atoms with Crippen LogP contribution in [0.25, 0.3) is 5.69 Å². The van der Waals surface area contributed by atoms with Gasteiger partial charge in [-0.25, -0.2) is 4.39 Å². The molecule has 21 heavy (non-hydrogen) atoms. The van der Waals surface area contributed by atoms with Crippen LogP contribution in [0.3, 0.4) is 0 Å². The van der Waals surface area contributed by atoms with Crippen LogP contribution in [0.1, 0.15) is 17.7 Å².